The Morgan fingerprint density at radius 2 is 2.12 bits per heavy atom. The first-order chi connectivity index (χ1) is 11.8. The first kappa shape index (κ1) is 14.9. The number of hydrogen-bond donors (Lipinski definition) is 2. The normalized spacial score (nSPS) is 14.3. The van der Waals surface area contributed by atoms with Crippen molar-refractivity contribution in [3.63, 3.8) is 0 Å². The van der Waals surface area contributed by atoms with E-state index in [0.717, 1.165) is 47.5 Å². The molecule has 6 nitrogen and oxygen atoms in total. The third kappa shape index (κ3) is 2.91. The Morgan fingerprint density at radius 3 is 3.08 bits per heavy atom. The molecule has 124 valence electrons. The number of carbonyl (C=O) groups excluding carboxylic acids is 1. The van der Waals surface area contributed by atoms with E-state index in [1.54, 1.807) is 0 Å². The second kappa shape index (κ2) is 6.47. The molecule has 0 saturated carbocycles. The largest absolute Gasteiger partial charge is 0.361 e. The Bertz CT molecular complexity index is 863. The molecule has 3 aromatic rings. The summed E-state index contributed by atoms with van der Waals surface area (Å²) in [5, 5.41) is 12.6. The predicted octanol–water partition coefficient (Wildman–Crippen LogP) is 2.34. The van der Waals surface area contributed by atoms with Gasteiger partial charge in [-0.1, -0.05) is 24.6 Å². The molecule has 1 aromatic carbocycles. The number of benzene rings is 1. The van der Waals surface area contributed by atoms with Crippen molar-refractivity contribution in [1.29, 1.82) is 0 Å². The number of carbonyl (C=O) groups is 1. The Labute approximate surface area is 140 Å². The summed E-state index contributed by atoms with van der Waals surface area (Å²) >= 11 is 0. The molecule has 0 aliphatic carbocycles. The maximum Gasteiger partial charge on any atom is 0.224 e. The van der Waals surface area contributed by atoms with Crippen LogP contribution in [0.1, 0.15) is 36.5 Å². The Balaban J connectivity index is 1.41. The molecule has 6 heteroatoms. The second-order valence-corrected chi connectivity index (χ2v) is 6.31. The van der Waals surface area contributed by atoms with Crippen molar-refractivity contribution < 1.29 is 4.79 Å². The third-order valence-corrected chi connectivity index (χ3v) is 4.66. The van der Waals surface area contributed by atoms with E-state index in [1.807, 2.05) is 30.5 Å². The van der Waals surface area contributed by atoms with Gasteiger partial charge in [-0.2, -0.15) is 0 Å². The van der Waals surface area contributed by atoms with Gasteiger partial charge in [-0.05, 0) is 24.5 Å². The van der Waals surface area contributed by atoms with Crippen LogP contribution in [0.4, 0.5) is 0 Å². The second-order valence-electron chi connectivity index (χ2n) is 6.31. The number of aryl methyl sites for hydroxylation is 1. The average Bonchev–Trinajstić information content (AvgIpc) is 3.10. The number of para-hydroxylation sites is 1. The smallest absolute Gasteiger partial charge is 0.224 e. The van der Waals surface area contributed by atoms with E-state index in [2.05, 4.69) is 25.1 Å². The van der Waals surface area contributed by atoms with Crippen LogP contribution in [-0.2, 0) is 30.7 Å². The van der Waals surface area contributed by atoms with Gasteiger partial charge in [0.15, 0.2) is 5.82 Å². The molecule has 4 rings (SSSR count). The number of fused-ring (bicyclic) bond motifs is 2. The highest BCUT2D eigenvalue weighted by Crippen LogP contribution is 2.18. The number of nitrogens with zero attached hydrogens (tertiary/aromatic N) is 3. The summed E-state index contributed by atoms with van der Waals surface area (Å²) in [5.41, 5.74) is 2.08. The van der Waals surface area contributed by atoms with Crippen molar-refractivity contribution in [3.05, 3.63) is 47.7 Å². The third-order valence-electron chi connectivity index (χ3n) is 4.66. The molecule has 0 bridgehead atoms. The zero-order chi connectivity index (χ0) is 16.4. The van der Waals surface area contributed by atoms with E-state index in [9.17, 15) is 4.79 Å². The van der Waals surface area contributed by atoms with Gasteiger partial charge in [-0.3, -0.25) is 4.79 Å². The highest BCUT2D eigenvalue weighted by Gasteiger charge is 2.15. The minimum Gasteiger partial charge on any atom is -0.361 e. The lowest BCUT2D eigenvalue weighted by Crippen LogP contribution is -2.26. The number of aromatic nitrogens is 4. The van der Waals surface area contributed by atoms with Gasteiger partial charge >= 0.3 is 0 Å². The molecule has 3 heterocycles. The fraction of sp³-hybridized carbons (Fsp3) is 0.389. The molecule has 2 N–H and O–H groups in total. The fourth-order valence-electron chi connectivity index (χ4n) is 3.37. The monoisotopic (exact) mass is 323 g/mol. The van der Waals surface area contributed by atoms with Crippen LogP contribution in [0.15, 0.2) is 30.5 Å². The van der Waals surface area contributed by atoms with E-state index < -0.39 is 0 Å². The number of H-pyrrole nitrogens is 1. The molecule has 0 saturated heterocycles. The van der Waals surface area contributed by atoms with Crippen LogP contribution < -0.4 is 5.32 Å². The molecule has 1 amide bonds. The summed E-state index contributed by atoms with van der Waals surface area (Å²) in [6.45, 7) is 1.39. The van der Waals surface area contributed by atoms with Crippen LogP contribution in [0.3, 0.4) is 0 Å². The molecule has 0 unspecified atom stereocenters. The van der Waals surface area contributed by atoms with Gasteiger partial charge in [-0.25, -0.2) is 0 Å². The fourth-order valence-corrected chi connectivity index (χ4v) is 3.37. The van der Waals surface area contributed by atoms with Crippen molar-refractivity contribution in [2.75, 3.05) is 0 Å². The molecule has 24 heavy (non-hydrogen) atoms. The first-order valence-electron chi connectivity index (χ1n) is 8.54. The van der Waals surface area contributed by atoms with Crippen molar-refractivity contribution in [1.82, 2.24) is 25.1 Å². The lowest BCUT2D eigenvalue weighted by Gasteiger charge is -2.08. The molecule has 0 spiro atoms. The maximum atomic E-state index is 12.3. The summed E-state index contributed by atoms with van der Waals surface area (Å²) in [4.78, 5) is 15.5. The van der Waals surface area contributed by atoms with Gasteiger partial charge in [0.25, 0.3) is 0 Å². The van der Waals surface area contributed by atoms with Crippen LogP contribution in [-0.4, -0.2) is 25.7 Å². The number of hydrogen-bond acceptors (Lipinski definition) is 3. The molecule has 0 atom stereocenters. The van der Waals surface area contributed by atoms with E-state index in [-0.39, 0.29) is 5.91 Å². The molecule has 1 aliphatic heterocycles. The lowest BCUT2D eigenvalue weighted by atomic mass is 10.1. The summed E-state index contributed by atoms with van der Waals surface area (Å²) in [6.07, 6.45) is 6.82. The predicted molar refractivity (Wildman–Crippen MR) is 91.4 cm³/mol. The van der Waals surface area contributed by atoms with Crippen LogP contribution in [0, 0.1) is 0 Å². The van der Waals surface area contributed by atoms with Gasteiger partial charge in [0.2, 0.25) is 5.91 Å². The van der Waals surface area contributed by atoms with E-state index in [0.29, 0.717) is 13.0 Å². The standard InChI is InChI=1S/C18H21N5O/c24-18(10-13-11-19-15-7-4-3-6-14(13)15)20-12-17-22-21-16-8-2-1-5-9-23(16)17/h3-4,6-7,11,19H,1-2,5,8-10,12H2,(H,20,24). The average molecular weight is 323 g/mol. The van der Waals surface area contributed by atoms with Crippen LogP contribution in [0.2, 0.25) is 0 Å². The lowest BCUT2D eigenvalue weighted by molar-refractivity contribution is -0.120. The van der Waals surface area contributed by atoms with E-state index >= 15 is 0 Å². The number of nitrogens with one attached hydrogen (secondary N) is 2. The van der Waals surface area contributed by atoms with E-state index in [1.165, 1.54) is 12.8 Å². The van der Waals surface area contributed by atoms with Crippen molar-refractivity contribution in [2.45, 2.75) is 45.2 Å². The van der Waals surface area contributed by atoms with Gasteiger partial charge in [-0.15, -0.1) is 10.2 Å². The Hall–Kier alpha value is -2.63. The van der Waals surface area contributed by atoms with Gasteiger partial charge in [0, 0.05) is 30.1 Å². The Morgan fingerprint density at radius 1 is 1.21 bits per heavy atom. The van der Waals surface area contributed by atoms with Gasteiger partial charge in [0.1, 0.15) is 5.82 Å². The van der Waals surface area contributed by atoms with Crippen LogP contribution in [0.25, 0.3) is 10.9 Å². The van der Waals surface area contributed by atoms with Crippen molar-refractivity contribution in [2.24, 2.45) is 0 Å². The van der Waals surface area contributed by atoms with Crippen molar-refractivity contribution in [3.8, 4) is 0 Å². The SMILES string of the molecule is O=C(Cc1c[nH]c2ccccc12)NCc1nnc2n1CCCCC2. The minimum atomic E-state index is 0.00530. The summed E-state index contributed by atoms with van der Waals surface area (Å²) in [7, 11) is 0. The van der Waals surface area contributed by atoms with Crippen molar-refractivity contribution >= 4 is 16.8 Å². The number of aromatic amines is 1. The summed E-state index contributed by atoms with van der Waals surface area (Å²) in [5.74, 6) is 1.92. The number of rotatable bonds is 4. The molecule has 2 aromatic heterocycles. The van der Waals surface area contributed by atoms with Crippen LogP contribution in [0.5, 0.6) is 0 Å². The summed E-state index contributed by atoms with van der Waals surface area (Å²) in [6, 6.07) is 8.03. The topological polar surface area (TPSA) is 75.6 Å². The highest BCUT2D eigenvalue weighted by molar-refractivity contribution is 5.88. The Kier molecular flexibility index (Phi) is 4.02. The maximum absolute atomic E-state index is 12.3. The molecule has 0 fully saturated rings. The number of amides is 1. The van der Waals surface area contributed by atoms with E-state index in [4.69, 9.17) is 0 Å². The van der Waals surface area contributed by atoms with Gasteiger partial charge < -0.3 is 14.9 Å². The molecule has 1 aliphatic rings. The molecular formula is C18H21N5O. The quantitative estimate of drug-likeness (QED) is 0.774. The first-order valence-corrected chi connectivity index (χ1v) is 8.54. The molecular weight excluding hydrogens is 302 g/mol. The zero-order valence-electron chi connectivity index (χ0n) is 13.6. The summed E-state index contributed by atoms with van der Waals surface area (Å²) < 4.78 is 2.17. The van der Waals surface area contributed by atoms with Gasteiger partial charge in [0.05, 0.1) is 13.0 Å². The minimum absolute atomic E-state index is 0.00530. The van der Waals surface area contributed by atoms with Crippen LogP contribution >= 0.6 is 0 Å². The zero-order valence-corrected chi connectivity index (χ0v) is 13.6. The highest BCUT2D eigenvalue weighted by atomic mass is 16.1. The molecule has 0 radical (unpaired) electrons.